The molecule has 8 heteroatoms. The fourth-order valence-electron chi connectivity index (χ4n) is 3.28. The third-order valence-electron chi connectivity index (χ3n) is 5.07. The first-order chi connectivity index (χ1) is 13.4. The molecule has 0 saturated carbocycles. The van der Waals surface area contributed by atoms with Gasteiger partial charge in [0.15, 0.2) is 5.82 Å². The zero-order chi connectivity index (χ0) is 20.3. The van der Waals surface area contributed by atoms with Gasteiger partial charge in [0.1, 0.15) is 17.3 Å². The average molecular weight is 387 g/mol. The normalized spacial score (nSPS) is 15.0. The Balaban J connectivity index is 1.83. The summed E-state index contributed by atoms with van der Waals surface area (Å²) in [6.07, 6.45) is 4.01. The molecule has 0 fully saturated rings. The van der Waals surface area contributed by atoms with Gasteiger partial charge in [-0.25, -0.2) is 14.4 Å². The second-order valence-corrected chi connectivity index (χ2v) is 7.16. The monoisotopic (exact) mass is 387 g/mol. The quantitative estimate of drug-likeness (QED) is 0.784. The van der Waals surface area contributed by atoms with Gasteiger partial charge in [0, 0.05) is 37.7 Å². The number of ether oxygens (including phenoxy) is 1. The number of rotatable bonds is 7. The number of amides is 1. The van der Waals surface area contributed by atoms with Crippen LogP contribution in [0.4, 0.5) is 10.2 Å². The fraction of sp³-hybridized carbons (Fsp3) is 0.500. The number of hydrogen-bond acceptors (Lipinski definition) is 6. The molecule has 1 unspecified atom stereocenters. The summed E-state index contributed by atoms with van der Waals surface area (Å²) < 4.78 is 18.9. The Morgan fingerprint density at radius 1 is 1.36 bits per heavy atom. The van der Waals surface area contributed by atoms with E-state index in [9.17, 15) is 9.18 Å². The van der Waals surface area contributed by atoms with Gasteiger partial charge in [-0.1, -0.05) is 0 Å². The van der Waals surface area contributed by atoms with Crippen LogP contribution in [0.25, 0.3) is 11.5 Å². The molecule has 0 bridgehead atoms. The van der Waals surface area contributed by atoms with Gasteiger partial charge in [-0.2, -0.15) is 0 Å². The predicted molar refractivity (Wildman–Crippen MR) is 105 cm³/mol. The fourth-order valence-corrected chi connectivity index (χ4v) is 3.28. The average Bonchev–Trinajstić information content (AvgIpc) is 3.14. The second kappa shape index (κ2) is 8.60. The van der Waals surface area contributed by atoms with Crippen molar-refractivity contribution in [1.29, 1.82) is 0 Å². The number of carbonyl (C=O) groups is 1. The molecule has 2 heterocycles. The zero-order valence-electron chi connectivity index (χ0n) is 16.7. The number of halogens is 1. The highest BCUT2D eigenvalue weighted by Gasteiger charge is 2.24. The third-order valence-corrected chi connectivity index (χ3v) is 5.07. The van der Waals surface area contributed by atoms with Gasteiger partial charge < -0.3 is 15.0 Å². The van der Waals surface area contributed by atoms with Crippen molar-refractivity contribution in [2.45, 2.75) is 45.3 Å². The molecular formula is C20H26FN5O2. The Labute approximate surface area is 164 Å². The number of aryl methyl sites for hydroxylation is 1. The molecule has 0 spiro atoms. The molecular weight excluding hydrogens is 361 g/mol. The van der Waals surface area contributed by atoms with Crippen LogP contribution in [0.5, 0.6) is 0 Å². The van der Waals surface area contributed by atoms with Crippen LogP contribution in [-0.4, -0.2) is 53.7 Å². The summed E-state index contributed by atoms with van der Waals surface area (Å²) in [7, 11) is 3.44. The van der Waals surface area contributed by atoms with Crippen LogP contribution in [-0.2, 0) is 22.4 Å². The van der Waals surface area contributed by atoms with Crippen molar-refractivity contribution >= 4 is 11.7 Å². The first kappa shape index (κ1) is 20.1. The highest BCUT2D eigenvalue weighted by molar-refractivity contribution is 5.81. The summed E-state index contributed by atoms with van der Waals surface area (Å²) in [4.78, 5) is 27.7. The van der Waals surface area contributed by atoms with E-state index in [1.807, 2.05) is 25.8 Å². The van der Waals surface area contributed by atoms with Crippen molar-refractivity contribution < 1.29 is 13.9 Å². The first-order valence-corrected chi connectivity index (χ1v) is 9.44. The van der Waals surface area contributed by atoms with E-state index in [1.54, 1.807) is 7.11 Å². The predicted octanol–water partition coefficient (Wildman–Crippen LogP) is 2.14. The maximum Gasteiger partial charge on any atom is 0.239 e. The molecule has 0 aromatic carbocycles. The smallest absolute Gasteiger partial charge is 0.239 e. The molecule has 2 atom stereocenters. The number of anilines is 1. The standard InChI is InChI=1S/C20H26FN5O2/c1-12(13(2)28-4)23-18(27)11-26(3)20-15-6-5-7-16(15)24-19(25-20)17-10-14(21)8-9-22-17/h8-10,12-13H,5-7,11H2,1-4H3,(H,23,27)/t12-,13?/m0/s1. The minimum Gasteiger partial charge on any atom is -0.380 e. The lowest BCUT2D eigenvalue weighted by molar-refractivity contribution is -0.121. The minimum absolute atomic E-state index is 0.0804. The van der Waals surface area contributed by atoms with Crippen molar-refractivity contribution in [2.24, 2.45) is 0 Å². The number of nitrogens with one attached hydrogen (secondary N) is 1. The van der Waals surface area contributed by atoms with Crippen LogP contribution >= 0.6 is 0 Å². The molecule has 0 radical (unpaired) electrons. The van der Waals surface area contributed by atoms with Gasteiger partial charge in [-0.15, -0.1) is 0 Å². The summed E-state index contributed by atoms with van der Waals surface area (Å²) in [5.41, 5.74) is 2.38. The van der Waals surface area contributed by atoms with Gasteiger partial charge in [0.05, 0.1) is 18.7 Å². The van der Waals surface area contributed by atoms with Crippen LogP contribution < -0.4 is 10.2 Å². The number of likely N-dealkylation sites (N-methyl/N-ethyl adjacent to an activating group) is 1. The van der Waals surface area contributed by atoms with Crippen molar-refractivity contribution in [3.63, 3.8) is 0 Å². The molecule has 2 aromatic rings. The Morgan fingerprint density at radius 2 is 2.14 bits per heavy atom. The van der Waals surface area contributed by atoms with E-state index in [2.05, 4.69) is 20.3 Å². The van der Waals surface area contributed by atoms with E-state index in [4.69, 9.17) is 4.74 Å². The van der Waals surface area contributed by atoms with Crippen LogP contribution in [0.2, 0.25) is 0 Å². The van der Waals surface area contributed by atoms with Gasteiger partial charge >= 0.3 is 0 Å². The van der Waals surface area contributed by atoms with Gasteiger partial charge in [0.2, 0.25) is 5.91 Å². The minimum atomic E-state index is -0.385. The van der Waals surface area contributed by atoms with Crippen molar-refractivity contribution in [3.05, 3.63) is 35.4 Å². The Hall–Kier alpha value is -2.61. The number of nitrogens with zero attached hydrogens (tertiary/aromatic N) is 4. The second-order valence-electron chi connectivity index (χ2n) is 7.16. The molecule has 28 heavy (non-hydrogen) atoms. The van der Waals surface area contributed by atoms with Crippen molar-refractivity contribution in [3.8, 4) is 11.5 Å². The number of fused-ring (bicyclic) bond motifs is 1. The summed E-state index contributed by atoms with van der Waals surface area (Å²) in [5, 5.41) is 2.94. The van der Waals surface area contributed by atoms with Crippen LogP contribution in [0.1, 0.15) is 31.5 Å². The number of carbonyl (C=O) groups excluding carboxylic acids is 1. The molecule has 1 amide bonds. The number of aromatic nitrogens is 3. The lowest BCUT2D eigenvalue weighted by atomic mass is 10.2. The Bertz CT molecular complexity index is 860. The molecule has 0 aliphatic heterocycles. The Morgan fingerprint density at radius 3 is 2.86 bits per heavy atom. The summed E-state index contributed by atoms with van der Waals surface area (Å²) >= 11 is 0. The van der Waals surface area contributed by atoms with E-state index < -0.39 is 0 Å². The lowest BCUT2D eigenvalue weighted by Gasteiger charge is -2.24. The lowest BCUT2D eigenvalue weighted by Crippen LogP contribution is -2.45. The highest BCUT2D eigenvalue weighted by Crippen LogP contribution is 2.30. The molecule has 7 nitrogen and oxygen atoms in total. The van der Waals surface area contributed by atoms with Crippen LogP contribution in [0, 0.1) is 5.82 Å². The number of hydrogen-bond donors (Lipinski definition) is 1. The van der Waals surface area contributed by atoms with Gasteiger partial charge in [-0.3, -0.25) is 9.78 Å². The maximum absolute atomic E-state index is 13.6. The van der Waals surface area contributed by atoms with Crippen LogP contribution in [0.3, 0.4) is 0 Å². The van der Waals surface area contributed by atoms with Crippen molar-refractivity contribution in [2.75, 3.05) is 25.6 Å². The molecule has 150 valence electrons. The molecule has 1 aliphatic rings. The highest BCUT2D eigenvalue weighted by atomic mass is 19.1. The molecule has 1 N–H and O–H groups in total. The largest absolute Gasteiger partial charge is 0.380 e. The van der Waals surface area contributed by atoms with E-state index in [-0.39, 0.29) is 30.4 Å². The van der Waals surface area contributed by atoms with E-state index in [0.29, 0.717) is 17.3 Å². The molecule has 3 rings (SSSR count). The molecule has 1 aliphatic carbocycles. The van der Waals surface area contributed by atoms with Crippen molar-refractivity contribution in [1.82, 2.24) is 20.3 Å². The topological polar surface area (TPSA) is 80.2 Å². The van der Waals surface area contributed by atoms with E-state index >= 15 is 0 Å². The Kier molecular flexibility index (Phi) is 6.18. The summed E-state index contributed by atoms with van der Waals surface area (Å²) in [6, 6.07) is 2.51. The van der Waals surface area contributed by atoms with E-state index in [0.717, 1.165) is 30.5 Å². The van der Waals surface area contributed by atoms with Crippen LogP contribution in [0.15, 0.2) is 18.3 Å². The SMILES string of the molecule is COC(C)[C@H](C)NC(=O)CN(C)c1nc(-c2cc(F)ccn2)nc2c1CCC2. The summed E-state index contributed by atoms with van der Waals surface area (Å²) in [5.74, 6) is 0.578. The molecule has 0 saturated heterocycles. The van der Waals surface area contributed by atoms with E-state index in [1.165, 1.54) is 18.3 Å². The van der Waals surface area contributed by atoms with Gasteiger partial charge in [0.25, 0.3) is 0 Å². The zero-order valence-corrected chi connectivity index (χ0v) is 16.7. The first-order valence-electron chi connectivity index (χ1n) is 9.44. The number of methoxy groups -OCH3 is 1. The summed E-state index contributed by atoms with van der Waals surface area (Å²) in [6.45, 7) is 3.96. The third kappa shape index (κ3) is 4.44. The molecule has 2 aromatic heterocycles. The maximum atomic E-state index is 13.6. The number of pyridine rings is 1. The van der Waals surface area contributed by atoms with Gasteiger partial charge in [-0.05, 0) is 39.2 Å².